The summed E-state index contributed by atoms with van der Waals surface area (Å²) in [4.78, 5) is 0. The van der Waals surface area contributed by atoms with E-state index in [4.69, 9.17) is 0 Å². The van der Waals surface area contributed by atoms with Gasteiger partial charge in [0, 0.05) is 74.2 Å². The van der Waals surface area contributed by atoms with E-state index in [9.17, 15) is 10.0 Å². The van der Waals surface area contributed by atoms with Crippen LogP contribution in [-0.4, -0.2) is 17.2 Å². The van der Waals surface area contributed by atoms with Crippen LogP contribution in [0.5, 0.6) is 0 Å². The van der Waals surface area contributed by atoms with E-state index in [1.165, 1.54) is 126 Å². The number of rotatable bonds is 16. The second kappa shape index (κ2) is 50.1. The maximum absolute atomic E-state index is 9.22. The van der Waals surface area contributed by atoms with Crippen molar-refractivity contribution in [2.24, 2.45) is 0 Å². The minimum absolute atomic E-state index is 0. The van der Waals surface area contributed by atoms with E-state index in [1.54, 1.807) is 12.1 Å². The average molecular weight is 2110 g/mol. The molecule has 0 saturated carbocycles. The molecular formula is C120H92BBr3O2P4PdS2. The van der Waals surface area contributed by atoms with Gasteiger partial charge in [0.05, 0.1) is 0 Å². The molecule has 0 spiro atoms. The van der Waals surface area contributed by atoms with Gasteiger partial charge in [0.1, 0.15) is 0 Å². The predicted octanol–water partition coefficient (Wildman–Crippen LogP) is 28.5. The number of fused-ring (bicyclic) bond motifs is 6. The fourth-order valence-corrected chi connectivity index (χ4v) is 28.0. The Kier molecular flexibility index (Phi) is 36.3. The first-order chi connectivity index (χ1) is 65.1. The van der Waals surface area contributed by atoms with Gasteiger partial charge in [-0.25, -0.2) is 0 Å². The second-order valence-electron chi connectivity index (χ2n) is 30.4. The summed E-state index contributed by atoms with van der Waals surface area (Å²) in [5, 5.41) is 40.5. The van der Waals surface area contributed by atoms with Gasteiger partial charge < -0.3 is 10.0 Å². The van der Waals surface area contributed by atoms with E-state index in [2.05, 4.69) is 539 Å². The van der Waals surface area contributed by atoms with Crippen molar-refractivity contribution in [2.45, 2.75) is 0 Å². The Morgan fingerprint density at radius 3 is 0.571 bits per heavy atom. The zero-order valence-corrected chi connectivity index (χ0v) is 84.0. The van der Waals surface area contributed by atoms with Crippen LogP contribution in [0.4, 0.5) is 0 Å². The first-order valence-corrected chi connectivity index (χ1v) is 52.9. The Hall–Kier alpha value is -11.4. The Morgan fingerprint density at radius 1 is 0.173 bits per heavy atom. The fourth-order valence-electron chi connectivity index (χ4n) is 15.6. The molecule has 0 unspecified atom stereocenters. The molecule has 20 aromatic carbocycles. The predicted molar refractivity (Wildman–Crippen MR) is 595 cm³/mol. The summed E-state index contributed by atoms with van der Waals surface area (Å²) in [6.07, 6.45) is 0. The molecule has 2 nitrogen and oxygen atoms in total. The zero-order valence-electron chi connectivity index (χ0n) is 72.5. The SMILES string of the molecule is Brc1ccc2sc3ccc(-c4ccccc4-c4ccccc4)cc3c2c1.Brc1ccc2sc3ccc(Br)cc3c2c1.OB(O)c1ccccc1-c1ccccc1.[Pd].c1ccc(P(c2ccccc2)c2ccccc2)cc1.c1ccc(P(c2ccccc2)c2ccccc2)cc1.c1ccc(P(c2ccccc2)c2ccccc2)cc1.c1ccc(P(c2ccccc2)c2ccccc2)cc1. The van der Waals surface area contributed by atoms with E-state index >= 15 is 0 Å². The smallest absolute Gasteiger partial charge is 0.423 e. The van der Waals surface area contributed by atoms with Crippen molar-refractivity contribution < 1.29 is 30.5 Å². The summed E-state index contributed by atoms with van der Waals surface area (Å²) in [5.41, 5.74) is 7.43. The number of hydrogen-bond donors (Lipinski definition) is 2. The van der Waals surface area contributed by atoms with Gasteiger partial charge in [0.2, 0.25) is 0 Å². The third-order valence-electron chi connectivity index (χ3n) is 21.6. The Balaban J connectivity index is 0.000000119. The van der Waals surface area contributed by atoms with Crippen molar-refractivity contribution in [3.63, 3.8) is 0 Å². The fraction of sp³-hybridized carbons (Fsp3) is 0. The number of halogens is 3. The molecule has 0 aliphatic rings. The first-order valence-electron chi connectivity index (χ1n) is 43.5. The third-order valence-corrected chi connectivity index (χ3v) is 35.2. The van der Waals surface area contributed by atoms with Crippen LogP contribution in [-0.2, 0) is 20.4 Å². The molecular weight excluding hydrogens is 2020 g/mol. The van der Waals surface area contributed by atoms with Gasteiger partial charge in [-0.05, 0) is 201 Å². The van der Waals surface area contributed by atoms with Gasteiger partial charge in [0.25, 0.3) is 0 Å². The number of thiophene rings is 2. The molecule has 0 amide bonds. The quantitative estimate of drug-likeness (QED) is 0.0748. The summed E-state index contributed by atoms with van der Waals surface area (Å²) in [6, 6.07) is 192. The summed E-state index contributed by atoms with van der Waals surface area (Å²) in [5.74, 6) is 0. The van der Waals surface area contributed by atoms with E-state index in [1.807, 2.05) is 65.1 Å². The molecule has 0 radical (unpaired) electrons. The van der Waals surface area contributed by atoms with E-state index < -0.39 is 38.8 Å². The van der Waals surface area contributed by atoms with E-state index in [0.29, 0.717) is 5.46 Å². The number of benzene rings is 20. The summed E-state index contributed by atoms with van der Waals surface area (Å²) < 4.78 is 8.73. The zero-order chi connectivity index (χ0) is 90.3. The topological polar surface area (TPSA) is 40.5 Å². The Morgan fingerprint density at radius 2 is 0.346 bits per heavy atom. The molecule has 0 aliphatic heterocycles. The maximum atomic E-state index is 9.22. The van der Waals surface area contributed by atoms with Gasteiger partial charge in [-0.1, -0.05) is 527 Å². The second-order valence-corrected chi connectivity index (χ2v) is 44.2. The molecule has 650 valence electrons. The van der Waals surface area contributed by atoms with Gasteiger partial charge in [-0.2, -0.15) is 0 Å². The minimum Gasteiger partial charge on any atom is -0.423 e. The molecule has 0 atom stereocenters. The van der Waals surface area contributed by atoms with Crippen molar-refractivity contribution in [1.29, 1.82) is 0 Å². The summed E-state index contributed by atoms with van der Waals surface area (Å²) in [6.45, 7) is 0. The van der Waals surface area contributed by atoms with E-state index in [-0.39, 0.29) is 20.4 Å². The monoisotopic (exact) mass is 2110 g/mol. The normalized spacial score (nSPS) is 10.7. The van der Waals surface area contributed by atoms with Crippen LogP contribution in [0.15, 0.2) is 559 Å². The average Bonchev–Trinajstić information content (AvgIpc) is 1.61. The van der Waals surface area contributed by atoms with Crippen molar-refractivity contribution in [1.82, 2.24) is 0 Å². The Labute approximate surface area is 833 Å². The third kappa shape index (κ3) is 26.2. The summed E-state index contributed by atoms with van der Waals surface area (Å²) >= 11 is 14.3. The molecule has 13 heteroatoms. The largest absolute Gasteiger partial charge is 0.489 e. The Bertz CT molecular complexity index is 6350. The van der Waals surface area contributed by atoms with Crippen molar-refractivity contribution in [3.8, 4) is 33.4 Å². The summed E-state index contributed by atoms with van der Waals surface area (Å²) in [7, 11) is -3.21. The molecule has 0 saturated heterocycles. The molecule has 22 aromatic rings. The number of hydrogen-bond acceptors (Lipinski definition) is 4. The van der Waals surface area contributed by atoms with Gasteiger partial charge in [-0.3, -0.25) is 0 Å². The molecule has 2 aromatic heterocycles. The molecule has 0 aliphatic carbocycles. The minimum atomic E-state index is -1.43. The van der Waals surface area contributed by atoms with Crippen LogP contribution in [0.1, 0.15) is 0 Å². The van der Waals surface area contributed by atoms with Crippen LogP contribution in [0, 0.1) is 0 Å². The standard InChI is InChI=1S/C24H15BrS.4C18H15P.C12H11BO2.C12H6Br2S.Pd/c25-18-11-13-24-22(15-18)21-14-17(10-12-23(21)26-24)20-9-5-4-8-19(20)16-6-2-1-3-7-16;4*1-4-10-16(11-5-1)19(17-12-6-2-7-13-17)18-14-8-3-9-15-18;14-13(15)12-9-5-4-8-11(12)10-6-2-1-3-7-10;13-7-1-3-11-9(5-7)10-6-8(14)2-4-12(10)15-11;/h1-15H;4*1-15H;1-9,14-15H;1-6H;. The van der Waals surface area contributed by atoms with Crippen molar-refractivity contribution in [3.05, 3.63) is 559 Å². The van der Waals surface area contributed by atoms with Crippen molar-refractivity contribution >= 4 is 219 Å². The molecule has 133 heavy (non-hydrogen) atoms. The van der Waals surface area contributed by atoms with Crippen molar-refractivity contribution in [2.75, 3.05) is 0 Å². The molecule has 22 rings (SSSR count). The van der Waals surface area contributed by atoms with Crippen LogP contribution in [0.2, 0.25) is 0 Å². The molecule has 2 N–H and O–H groups in total. The molecule has 0 bridgehead atoms. The maximum Gasteiger partial charge on any atom is 0.489 e. The van der Waals surface area contributed by atoms with Gasteiger partial charge in [-0.15, -0.1) is 22.7 Å². The van der Waals surface area contributed by atoms with Crippen LogP contribution in [0.25, 0.3) is 73.7 Å². The van der Waals surface area contributed by atoms with Gasteiger partial charge in [0.15, 0.2) is 0 Å². The van der Waals surface area contributed by atoms with Crippen LogP contribution in [0.3, 0.4) is 0 Å². The van der Waals surface area contributed by atoms with Gasteiger partial charge >= 0.3 is 7.12 Å². The van der Waals surface area contributed by atoms with Crippen LogP contribution < -0.4 is 69.1 Å². The molecule has 2 heterocycles. The van der Waals surface area contributed by atoms with E-state index in [0.717, 1.165) is 24.5 Å². The first kappa shape index (κ1) is 96.2. The molecule has 0 fully saturated rings. The van der Waals surface area contributed by atoms with Crippen LogP contribution >= 0.6 is 102 Å².